The van der Waals surface area contributed by atoms with Gasteiger partial charge in [-0.05, 0) is 6.42 Å². The van der Waals surface area contributed by atoms with Crippen LogP contribution >= 0.6 is 0 Å². The SMILES string of the molecule is CCCCCCCCCCCCCCCCCC(=O)OC1CC(O)C(O)CC1O. The van der Waals surface area contributed by atoms with Gasteiger partial charge in [-0.25, -0.2) is 0 Å². The van der Waals surface area contributed by atoms with Crippen molar-refractivity contribution in [3.05, 3.63) is 0 Å². The molecule has 4 unspecified atom stereocenters. The molecule has 0 amide bonds. The van der Waals surface area contributed by atoms with Crippen molar-refractivity contribution in [3.63, 3.8) is 0 Å². The molecule has 0 aromatic rings. The molecule has 1 fully saturated rings. The zero-order chi connectivity index (χ0) is 21.3. The Bertz CT molecular complexity index is 401. The molecule has 0 heterocycles. The van der Waals surface area contributed by atoms with E-state index in [9.17, 15) is 20.1 Å². The number of carbonyl (C=O) groups excluding carboxylic acids is 1. The van der Waals surface area contributed by atoms with Crippen LogP contribution in [0.25, 0.3) is 0 Å². The van der Waals surface area contributed by atoms with Crippen molar-refractivity contribution >= 4 is 5.97 Å². The minimum Gasteiger partial charge on any atom is -0.459 e. The molecule has 0 aromatic heterocycles. The van der Waals surface area contributed by atoms with E-state index in [1.807, 2.05) is 0 Å². The summed E-state index contributed by atoms with van der Waals surface area (Å²) >= 11 is 0. The highest BCUT2D eigenvalue weighted by atomic mass is 16.6. The van der Waals surface area contributed by atoms with Gasteiger partial charge in [-0.15, -0.1) is 0 Å². The third-order valence-corrected chi connectivity index (χ3v) is 6.10. The average molecular weight is 415 g/mol. The number of aliphatic hydroxyl groups is 3. The fourth-order valence-corrected chi connectivity index (χ4v) is 4.10. The van der Waals surface area contributed by atoms with Gasteiger partial charge in [-0.2, -0.15) is 0 Å². The number of rotatable bonds is 17. The molecule has 0 aromatic carbocycles. The molecule has 0 radical (unpaired) electrons. The van der Waals surface area contributed by atoms with Crippen LogP contribution in [0.4, 0.5) is 0 Å². The second kappa shape index (κ2) is 17.1. The van der Waals surface area contributed by atoms with E-state index in [2.05, 4.69) is 6.92 Å². The summed E-state index contributed by atoms with van der Waals surface area (Å²) in [5.41, 5.74) is 0. The first-order chi connectivity index (χ1) is 14.0. The van der Waals surface area contributed by atoms with Crippen LogP contribution in [0.3, 0.4) is 0 Å². The van der Waals surface area contributed by atoms with Gasteiger partial charge in [0.2, 0.25) is 0 Å². The summed E-state index contributed by atoms with van der Waals surface area (Å²) < 4.78 is 5.28. The topological polar surface area (TPSA) is 87.0 Å². The first kappa shape index (κ1) is 26.4. The molecule has 0 spiro atoms. The summed E-state index contributed by atoms with van der Waals surface area (Å²) in [5, 5.41) is 29.0. The van der Waals surface area contributed by atoms with Gasteiger partial charge in [-0.3, -0.25) is 4.79 Å². The van der Waals surface area contributed by atoms with Gasteiger partial charge in [-0.1, -0.05) is 96.8 Å². The molecule has 5 heteroatoms. The smallest absolute Gasteiger partial charge is 0.306 e. The van der Waals surface area contributed by atoms with Crippen LogP contribution < -0.4 is 0 Å². The van der Waals surface area contributed by atoms with Crippen LogP contribution in [-0.4, -0.2) is 45.7 Å². The summed E-state index contributed by atoms with van der Waals surface area (Å²) in [6, 6.07) is 0. The van der Waals surface area contributed by atoms with Gasteiger partial charge >= 0.3 is 5.97 Å². The van der Waals surface area contributed by atoms with Crippen molar-refractivity contribution < 1.29 is 24.9 Å². The Kier molecular flexibility index (Phi) is 15.5. The third kappa shape index (κ3) is 13.3. The maximum absolute atomic E-state index is 11.9. The lowest BCUT2D eigenvalue weighted by Gasteiger charge is -2.33. The molecule has 0 aliphatic heterocycles. The van der Waals surface area contributed by atoms with Crippen LogP contribution in [0.5, 0.6) is 0 Å². The highest BCUT2D eigenvalue weighted by Crippen LogP contribution is 2.23. The Hall–Kier alpha value is -0.650. The highest BCUT2D eigenvalue weighted by Gasteiger charge is 2.36. The Morgan fingerprint density at radius 3 is 1.55 bits per heavy atom. The summed E-state index contributed by atoms with van der Waals surface area (Å²) in [5.74, 6) is -0.313. The van der Waals surface area contributed by atoms with Gasteiger partial charge in [0.25, 0.3) is 0 Å². The predicted molar refractivity (Wildman–Crippen MR) is 117 cm³/mol. The number of hydrogen-bond donors (Lipinski definition) is 3. The van der Waals surface area contributed by atoms with E-state index in [1.165, 1.54) is 77.0 Å². The third-order valence-electron chi connectivity index (χ3n) is 6.10. The monoisotopic (exact) mass is 414 g/mol. The lowest BCUT2D eigenvalue weighted by Crippen LogP contribution is -2.46. The van der Waals surface area contributed by atoms with Gasteiger partial charge in [0.05, 0.1) is 18.3 Å². The zero-order valence-corrected chi connectivity index (χ0v) is 18.7. The van der Waals surface area contributed by atoms with E-state index in [1.54, 1.807) is 0 Å². The molecular weight excluding hydrogens is 368 g/mol. The van der Waals surface area contributed by atoms with E-state index in [4.69, 9.17) is 4.74 Å². The summed E-state index contributed by atoms with van der Waals surface area (Å²) in [6.07, 6.45) is 16.4. The molecule has 29 heavy (non-hydrogen) atoms. The normalized spacial score (nSPS) is 24.6. The summed E-state index contributed by atoms with van der Waals surface area (Å²) in [4.78, 5) is 11.9. The fraction of sp³-hybridized carbons (Fsp3) is 0.958. The molecule has 172 valence electrons. The average Bonchev–Trinajstić information content (AvgIpc) is 2.69. The first-order valence-electron chi connectivity index (χ1n) is 12.3. The van der Waals surface area contributed by atoms with Crippen molar-refractivity contribution in [3.8, 4) is 0 Å². The van der Waals surface area contributed by atoms with Crippen LogP contribution in [0.1, 0.15) is 122 Å². The Balaban J connectivity index is 1.85. The maximum Gasteiger partial charge on any atom is 0.306 e. The Morgan fingerprint density at radius 2 is 1.07 bits per heavy atom. The van der Waals surface area contributed by atoms with Crippen LogP contribution in [0, 0.1) is 0 Å². The largest absolute Gasteiger partial charge is 0.459 e. The lowest BCUT2D eigenvalue weighted by atomic mass is 9.90. The highest BCUT2D eigenvalue weighted by molar-refractivity contribution is 5.69. The van der Waals surface area contributed by atoms with Crippen molar-refractivity contribution in [2.75, 3.05) is 0 Å². The number of carbonyl (C=O) groups is 1. The molecule has 3 N–H and O–H groups in total. The van der Waals surface area contributed by atoms with E-state index in [0.29, 0.717) is 6.42 Å². The van der Waals surface area contributed by atoms with Crippen molar-refractivity contribution in [1.82, 2.24) is 0 Å². The Morgan fingerprint density at radius 1 is 0.655 bits per heavy atom. The zero-order valence-electron chi connectivity index (χ0n) is 18.7. The van der Waals surface area contributed by atoms with Crippen LogP contribution in [0.15, 0.2) is 0 Å². The number of ether oxygens (including phenoxy) is 1. The molecule has 1 aliphatic rings. The summed E-state index contributed by atoms with van der Waals surface area (Å²) in [6.45, 7) is 2.26. The van der Waals surface area contributed by atoms with E-state index < -0.39 is 24.4 Å². The van der Waals surface area contributed by atoms with Crippen LogP contribution in [-0.2, 0) is 9.53 Å². The molecular formula is C24H46O5. The quantitative estimate of drug-likeness (QED) is 0.229. The van der Waals surface area contributed by atoms with E-state index in [0.717, 1.165) is 19.3 Å². The number of esters is 1. The minimum absolute atomic E-state index is 0.0536. The fourth-order valence-electron chi connectivity index (χ4n) is 4.10. The number of aliphatic hydroxyl groups excluding tert-OH is 3. The predicted octanol–water partition coefficient (Wildman–Crippen LogP) is 5.04. The first-order valence-corrected chi connectivity index (χ1v) is 12.3. The molecule has 1 rings (SSSR count). The van der Waals surface area contributed by atoms with E-state index >= 15 is 0 Å². The van der Waals surface area contributed by atoms with Crippen molar-refractivity contribution in [1.29, 1.82) is 0 Å². The van der Waals surface area contributed by atoms with Crippen LogP contribution in [0.2, 0.25) is 0 Å². The molecule has 5 nitrogen and oxygen atoms in total. The second-order valence-electron chi connectivity index (χ2n) is 8.90. The van der Waals surface area contributed by atoms with Gasteiger partial charge in [0.15, 0.2) is 0 Å². The van der Waals surface area contributed by atoms with Crippen molar-refractivity contribution in [2.45, 2.75) is 147 Å². The number of hydrogen-bond acceptors (Lipinski definition) is 5. The molecule has 0 saturated heterocycles. The Labute approximate surface area is 178 Å². The molecule has 1 saturated carbocycles. The van der Waals surface area contributed by atoms with Gasteiger partial charge in [0, 0.05) is 19.3 Å². The van der Waals surface area contributed by atoms with Gasteiger partial charge in [0.1, 0.15) is 6.10 Å². The molecule has 0 bridgehead atoms. The second-order valence-corrected chi connectivity index (χ2v) is 8.90. The molecule has 1 aliphatic carbocycles. The molecule has 4 atom stereocenters. The standard InChI is InChI=1S/C24H46O5/c1-2-3-4-5-6-7-8-9-10-11-12-13-14-15-16-17-24(28)29-23-19-21(26)20(25)18-22(23)27/h20-23,25-27H,2-19H2,1H3. The maximum atomic E-state index is 11.9. The van der Waals surface area contributed by atoms with Gasteiger partial charge < -0.3 is 20.1 Å². The minimum atomic E-state index is -0.935. The number of unbranched alkanes of at least 4 members (excludes halogenated alkanes) is 14. The summed E-state index contributed by atoms with van der Waals surface area (Å²) in [7, 11) is 0. The lowest BCUT2D eigenvalue weighted by molar-refractivity contribution is -0.168. The van der Waals surface area contributed by atoms with Crippen molar-refractivity contribution in [2.24, 2.45) is 0 Å². The van der Waals surface area contributed by atoms with E-state index in [-0.39, 0.29) is 18.8 Å².